The molecule has 1 fully saturated rings. The van der Waals surface area contributed by atoms with Gasteiger partial charge < -0.3 is 24.0 Å². The third kappa shape index (κ3) is 11.2. The smallest absolute Gasteiger partial charge is 0.313 e. The van der Waals surface area contributed by atoms with Crippen molar-refractivity contribution < 1.29 is 48.8 Å². The van der Waals surface area contributed by atoms with Crippen LogP contribution in [0.3, 0.4) is 0 Å². The Morgan fingerprint density at radius 1 is 0.909 bits per heavy atom. The van der Waals surface area contributed by atoms with Gasteiger partial charge in [-0.05, 0) is 54.7 Å². The van der Waals surface area contributed by atoms with Crippen LogP contribution in [0, 0.1) is 35.8 Å². The lowest BCUT2D eigenvalue weighted by Gasteiger charge is -2.30. The SMILES string of the molecule is C[C@H](C(=O)OCC(CO[N+](=O)[O-])(CO[N+](=O)[O-])CO[N+](=O)[O-])c1ccc2cc(OC(=O)CCCC[C@@H]3CCSS3)ccc2c1. The fourth-order valence-corrected chi connectivity index (χ4v) is 7.30. The molecule has 1 aliphatic heterocycles. The molecule has 240 valence electrons. The Balaban J connectivity index is 1.60. The normalized spacial score (nSPS) is 15.2. The molecular weight excluding hydrogens is 626 g/mol. The van der Waals surface area contributed by atoms with Gasteiger partial charge >= 0.3 is 11.9 Å². The second-order valence-electron chi connectivity index (χ2n) is 10.1. The number of carbonyl (C=O) groups excluding carboxylic acids is 2. The standard InChI is InChI=1S/C26H31N3O13S2/c1-18(25(31)38-14-26(15-39-27(32)33,16-40-28(34)35)17-41-29(36)37)19-6-7-21-13-22(9-8-20(21)12-19)42-24(30)5-3-2-4-23-10-11-43-44-23/h6-9,12-13,18,23H,2-5,10-11,14-17H2,1H3/t18-,23+/m0/s1. The van der Waals surface area contributed by atoms with Gasteiger partial charge in [-0.15, -0.1) is 30.3 Å². The summed E-state index contributed by atoms with van der Waals surface area (Å²) in [6, 6.07) is 10.2. The second kappa shape index (κ2) is 16.7. The predicted octanol–water partition coefficient (Wildman–Crippen LogP) is 4.72. The van der Waals surface area contributed by atoms with Crippen molar-refractivity contribution in [2.75, 3.05) is 32.2 Å². The zero-order valence-corrected chi connectivity index (χ0v) is 25.3. The first kappa shape index (κ1) is 34.4. The zero-order chi connectivity index (χ0) is 32.1. The maximum absolute atomic E-state index is 12.9. The van der Waals surface area contributed by atoms with Crippen LogP contribution in [0.25, 0.3) is 10.8 Å². The maximum atomic E-state index is 12.9. The Labute approximate surface area is 258 Å². The minimum atomic E-state index is -1.95. The van der Waals surface area contributed by atoms with Gasteiger partial charge in [0.2, 0.25) is 0 Å². The van der Waals surface area contributed by atoms with Gasteiger partial charge in [-0.2, -0.15) is 0 Å². The van der Waals surface area contributed by atoms with E-state index in [-0.39, 0.29) is 5.97 Å². The number of unbranched alkanes of at least 4 members (excludes halogenated alkanes) is 1. The molecule has 0 unspecified atom stereocenters. The molecule has 3 rings (SSSR count). The summed E-state index contributed by atoms with van der Waals surface area (Å²) in [6.45, 7) is -2.12. The Morgan fingerprint density at radius 3 is 2.11 bits per heavy atom. The lowest BCUT2D eigenvalue weighted by Crippen LogP contribution is -2.44. The van der Waals surface area contributed by atoms with Crippen molar-refractivity contribution in [1.82, 2.24) is 0 Å². The third-order valence-corrected chi connectivity index (χ3v) is 9.76. The van der Waals surface area contributed by atoms with Gasteiger partial charge in [0.1, 0.15) is 32.2 Å². The van der Waals surface area contributed by atoms with Gasteiger partial charge in [-0.1, -0.05) is 52.3 Å². The Bertz CT molecular complexity index is 1290. The van der Waals surface area contributed by atoms with Crippen molar-refractivity contribution in [3.63, 3.8) is 0 Å². The first-order chi connectivity index (χ1) is 21.0. The number of fused-ring (bicyclic) bond motifs is 1. The molecule has 16 nitrogen and oxygen atoms in total. The molecule has 2 aromatic rings. The molecule has 0 aliphatic carbocycles. The lowest BCUT2D eigenvalue weighted by molar-refractivity contribution is -0.782. The fourth-order valence-electron chi connectivity index (χ4n) is 4.27. The molecule has 18 heteroatoms. The Kier molecular flexibility index (Phi) is 13.1. The summed E-state index contributed by atoms with van der Waals surface area (Å²) >= 11 is 0. The van der Waals surface area contributed by atoms with E-state index in [9.17, 15) is 39.9 Å². The van der Waals surface area contributed by atoms with E-state index in [0.717, 1.165) is 30.0 Å². The summed E-state index contributed by atoms with van der Waals surface area (Å²) in [5.41, 5.74) is -1.42. The number of benzene rings is 2. The summed E-state index contributed by atoms with van der Waals surface area (Å²) in [4.78, 5) is 70.2. The van der Waals surface area contributed by atoms with Crippen LogP contribution >= 0.6 is 21.6 Å². The largest absolute Gasteiger partial charge is 0.464 e. The Morgan fingerprint density at radius 2 is 1.52 bits per heavy atom. The van der Waals surface area contributed by atoms with Crippen LogP contribution < -0.4 is 4.74 Å². The highest BCUT2D eigenvalue weighted by atomic mass is 33.1. The number of esters is 2. The first-order valence-electron chi connectivity index (χ1n) is 13.5. The quantitative estimate of drug-likeness (QED) is 0.0500. The molecule has 1 saturated heterocycles. The number of nitrogens with zero attached hydrogens (tertiary/aromatic N) is 3. The van der Waals surface area contributed by atoms with Gasteiger partial charge in [-0.25, -0.2) is 0 Å². The lowest BCUT2D eigenvalue weighted by atomic mass is 9.92. The molecule has 0 amide bonds. The van der Waals surface area contributed by atoms with Crippen molar-refractivity contribution >= 4 is 44.3 Å². The molecule has 0 saturated carbocycles. The highest BCUT2D eigenvalue weighted by Gasteiger charge is 2.38. The Hall–Kier alpha value is -4.06. The summed E-state index contributed by atoms with van der Waals surface area (Å²) in [7, 11) is 3.82. The van der Waals surface area contributed by atoms with Gasteiger partial charge in [0, 0.05) is 17.4 Å². The van der Waals surface area contributed by atoms with Gasteiger partial charge in [-0.3, -0.25) is 9.59 Å². The molecule has 1 heterocycles. The highest BCUT2D eigenvalue weighted by molar-refractivity contribution is 8.77. The van der Waals surface area contributed by atoms with E-state index in [1.54, 1.807) is 36.4 Å². The summed E-state index contributed by atoms with van der Waals surface area (Å²) < 4.78 is 10.8. The number of carbonyl (C=O) groups is 2. The van der Waals surface area contributed by atoms with Gasteiger partial charge in [0.05, 0.1) is 11.3 Å². The van der Waals surface area contributed by atoms with Crippen LogP contribution in [-0.2, 0) is 28.8 Å². The zero-order valence-electron chi connectivity index (χ0n) is 23.7. The van der Waals surface area contributed by atoms with E-state index in [1.165, 1.54) is 19.1 Å². The second-order valence-corrected chi connectivity index (χ2v) is 12.9. The van der Waals surface area contributed by atoms with E-state index in [1.807, 2.05) is 21.6 Å². The van der Waals surface area contributed by atoms with E-state index >= 15 is 0 Å². The topological polar surface area (TPSA) is 210 Å². The molecule has 0 spiro atoms. The molecule has 0 bridgehead atoms. The maximum Gasteiger partial charge on any atom is 0.313 e. The van der Waals surface area contributed by atoms with Crippen LogP contribution in [0.4, 0.5) is 0 Å². The van der Waals surface area contributed by atoms with Crippen molar-refractivity contribution in [3.8, 4) is 5.75 Å². The average Bonchev–Trinajstić information content (AvgIpc) is 3.51. The van der Waals surface area contributed by atoms with Crippen LogP contribution in [0.2, 0.25) is 0 Å². The molecule has 0 radical (unpaired) electrons. The van der Waals surface area contributed by atoms with Gasteiger partial charge in [0.25, 0.3) is 15.3 Å². The molecule has 1 aliphatic rings. The minimum absolute atomic E-state index is 0.308. The third-order valence-electron chi connectivity index (χ3n) is 6.75. The van der Waals surface area contributed by atoms with Crippen molar-refractivity contribution in [1.29, 1.82) is 0 Å². The van der Waals surface area contributed by atoms with E-state index < -0.39 is 59.0 Å². The molecule has 0 N–H and O–H groups in total. The number of hydrogen-bond donors (Lipinski definition) is 0. The summed E-state index contributed by atoms with van der Waals surface area (Å²) in [5.74, 6) is -0.431. The van der Waals surface area contributed by atoms with Crippen LogP contribution in [-0.4, -0.2) is 64.6 Å². The molecule has 0 aromatic heterocycles. The number of hydrogen-bond acceptors (Lipinski definition) is 15. The highest BCUT2D eigenvalue weighted by Crippen LogP contribution is 2.40. The van der Waals surface area contributed by atoms with Crippen LogP contribution in [0.1, 0.15) is 50.5 Å². The molecule has 2 atom stereocenters. The fraction of sp³-hybridized carbons (Fsp3) is 0.538. The minimum Gasteiger partial charge on any atom is -0.464 e. The van der Waals surface area contributed by atoms with E-state index in [4.69, 9.17) is 9.47 Å². The monoisotopic (exact) mass is 657 g/mol. The molecule has 44 heavy (non-hydrogen) atoms. The summed E-state index contributed by atoms with van der Waals surface area (Å²) in [5, 5.41) is 30.7. The van der Waals surface area contributed by atoms with Crippen LogP contribution in [0.15, 0.2) is 36.4 Å². The first-order valence-corrected chi connectivity index (χ1v) is 15.9. The van der Waals surface area contributed by atoms with Gasteiger partial charge in [0.15, 0.2) is 0 Å². The summed E-state index contributed by atoms with van der Waals surface area (Å²) in [6.07, 6.45) is 4.38. The number of rotatable bonds is 19. The van der Waals surface area contributed by atoms with E-state index in [2.05, 4.69) is 14.5 Å². The molecular formula is C26H31N3O13S2. The predicted molar refractivity (Wildman–Crippen MR) is 157 cm³/mol. The van der Waals surface area contributed by atoms with Crippen LogP contribution in [0.5, 0.6) is 5.75 Å². The molecule has 2 aromatic carbocycles. The van der Waals surface area contributed by atoms with Crippen molar-refractivity contribution in [2.24, 2.45) is 5.41 Å². The number of ether oxygens (including phenoxy) is 2. The average molecular weight is 658 g/mol. The van der Waals surface area contributed by atoms with E-state index in [0.29, 0.717) is 23.0 Å². The van der Waals surface area contributed by atoms with Crippen molar-refractivity contribution in [3.05, 3.63) is 72.3 Å². The van der Waals surface area contributed by atoms with Crippen molar-refractivity contribution in [2.45, 2.75) is 50.2 Å².